The number of carbonyl (C=O) groups excluding carboxylic acids is 1. The number of hydrogen-bond acceptors (Lipinski definition) is 2. The summed E-state index contributed by atoms with van der Waals surface area (Å²) in [5, 5.41) is 3.35. The topological polar surface area (TPSA) is 32.3 Å². The van der Waals surface area contributed by atoms with Gasteiger partial charge in [-0.2, -0.15) is 0 Å². The van der Waals surface area contributed by atoms with Crippen molar-refractivity contribution in [2.75, 3.05) is 6.54 Å². The van der Waals surface area contributed by atoms with Crippen molar-refractivity contribution in [2.24, 2.45) is 10.8 Å². The van der Waals surface area contributed by atoms with Gasteiger partial charge in [-0.05, 0) is 16.4 Å². The molecule has 1 aliphatic carbocycles. The minimum absolute atomic E-state index is 0.0275. The predicted molar refractivity (Wildman–Crippen MR) is 75.4 cm³/mol. The van der Waals surface area contributed by atoms with Gasteiger partial charge in [-0.15, -0.1) is 0 Å². The van der Waals surface area contributed by atoms with Gasteiger partial charge in [-0.25, -0.2) is 0 Å². The van der Waals surface area contributed by atoms with E-state index < -0.39 is 0 Å². The molecule has 19 heavy (non-hydrogen) atoms. The molecule has 1 aromatic carbocycles. The zero-order valence-corrected chi connectivity index (χ0v) is 12.1. The Morgan fingerprint density at radius 3 is 2.21 bits per heavy atom. The average molecular weight is 258 g/mol. The summed E-state index contributed by atoms with van der Waals surface area (Å²) < 4.78 is 0. The number of carbonyl (C=O) groups is 1. The maximum absolute atomic E-state index is 12.3. The highest BCUT2D eigenvalue weighted by atomic mass is 16.2. The molecule has 1 amide bonds. The fraction of sp³-hybridized carbons (Fsp3) is 0.562. The molecule has 3 rings (SSSR count). The van der Waals surface area contributed by atoms with E-state index in [4.69, 9.17) is 0 Å². The first-order valence-electron chi connectivity index (χ1n) is 6.97. The molecular formula is C16H22N2O. The second kappa shape index (κ2) is 3.83. The Morgan fingerprint density at radius 1 is 1.11 bits per heavy atom. The van der Waals surface area contributed by atoms with Crippen LogP contribution in [0, 0.1) is 10.8 Å². The van der Waals surface area contributed by atoms with Crippen LogP contribution in [0.1, 0.15) is 39.4 Å². The van der Waals surface area contributed by atoms with Crippen molar-refractivity contribution in [3.8, 4) is 0 Å². The summed E-state index contributed by atoms with van der Waals surface area (Å²) in [6.45, 7) is 9.47. The van der Waals surface area contributed by atoms with Crippen LogP contribution in [0.3, 0.4) is 0 Å². The van der Waals surface area contributed by atoms with Crippen molar-refractivity contribution in [3.05, 3.63) is 35.9 Å². The van der Waals surface area contributed by atoms with Gasteiger partial charge in [0.1, 0.15) is 6.17 Å². The summed E-state index contributed by atoms with van der Waals surface area (Å²) in [6, 6.07) is 10.6. The standard InChI is InChI=1S/C16H22N2O/c1-15(2)14(16(15,3)4)18-12(19)10-17-13(18)11-8-6-5-7-9-11/h5-9,13-14,17H,10H2,1-4H3. The molecule has 3 heteroatoms. The Bertz CT molecular complexity index is 493. The van der Waals surface area contributed by atoms with Crippen molar-refractivity contribution in [1.82, 2.24) is 10.2 Å². The minimum Gasteiger partial charge on any atom is -0.318 e. The molecule has 1 N–H and O–H groups in total. The maximum Gasteiger partial charge on any atom is 0.238 e. The molecule has 3 nitrogen and oxygen atoms in total. The Labute approximate surface area is 115 Å². The fourth-order valence-corrected chi connectivity index (χ4v) is 3.58. The minimum atomic E-state index is 0.0275. The van der Waals surface area contributed by atoms with Gasteiger partial charge in [0.25, 0.3) is 0 Å². The molecule has 1 saturated heterocycles. The first kappa shape index (κ1) is 12.7. The second-order valence-electron chi connectivity index (χ2n) is 6.84. The average Bonchev–Trinajstić information content (AvgIpc) is 2.64. The maximum atomic E-state index is 12.3. The van der Waals surface area contributed by atoms with Gasteiger partial charge in [0.15, 0.2) is 0 Å². The Hall–Kier alpha value is -1.35. The normalized spacial score (nSPS) is 28.7. The van der Waals surface area contributed by atoms with E-state index in [1.165, 1.54) is 5.56 Å². The largest absolute Gasteiger partial charge is 0.318 e. The lowest BCUT2D eigenvalue weighted by molar-refractivity contribution is -0.129. The van der Waals surface area contributed by atoms with Gasteiger partial charge in [0.2, 0.25) is 5.91 Å². The molecule has 1 unspecified atom stereocenters. The Morgan fingerprint density at radius 2 is 1.68 bits per heavy atom. The number of benzene rings is 1. The van der Waals surface area contributed by atoms with Crippen LogP contribution in [0.4, 0.5) is 0 Å². The molecular weight excluding hydrogens is 236 g/mol. The van der Waals surface area contributed by atoms with Gasteiger partial charge < -0.3 is 4.90 Å². The summed E-state index contributed by atoms with van der Waals surface area (Å²) in [5.41, 5.74) is 1.54. The molecule has 0 radical (unpaired) electrons. The summed E-state index contributed by atoms with van der Waals surface area (Å²) in [5.74, 6) is 0.220. The smallest absolute Gasteiger partial charge is 0.238 e. The summed E-state index contributed by atoms with van der Waals surface area (Å²) in [6.07, 6.45) is 0.0275. The molecule has 2 aliphatic rings. The number of hydrogen-bond donors (Lipinski definition) is 1. The molecule has 1 atom stereocenters. The van der Waals surface area contributed by atoms with Crippen LogP contribution in [0.2, 0.25) is 0 Å². The van der Waals surface area contributed by atoms with Crippen LogP contribution < -0.4 is 5.32 Å². The third kappa shape index (κ3) is 1.64. The Kier molecular flexibility index (Phi) is 2.55. The lowest BCUT2D eigenvalue weighted by Gasteiger charge is -2.27. The second-order valence-corrected chi connectivity index (χ2v) is 6.84. The summed E-state index contributed by atoms with van der Waals surface area (Å²) >= 11 is 0. The van der Waals surface area contributed by atoms with Crippen LogP contribution in [0.25, 0.3) is 0 Å². The van der Waals surface area contributed by atoms with Crippen LogP contribution in [0.15, 0.2) is 30.3 Å². The van der Waals surface area contributed by atoms with Gasteiger partial charge >= 0.3 is 0 Å². The van der Waals surface area contributed by atoms with Crippen molar-refractivity contribution in [2.45, 2.75) is 39.9 Å². The van der Waals surface area contributed by atoms with Crippen LogP contribution in [0.5, 0.6) is 0 Å². The van der Waals surface area contributed by atoms with Crippen LogP contribution in [-0.2, 0) is 4.79 Å². The van der Waals surface area contributed by atoms with E-state index in [2.05, 4.69) is 50.0 Å². The fourth-order valence-electron chi connectivity index (χ4n) is 3.58. The molecule has 0 aromatic heterocycles. The lowest BCUT2D eigenvalue weighted by Crippen LogP contribution is -2.35. The molecule has 1 heterocycles. The van der Waals surface area contributed by atoms with E-state index in [9.17, 15) is 4.79 Å². The number of rotatable bonds is 2. The predicted octanol–water partition coefficient (Wildman–Crippen LogP) is 2.55. The van der Waals surface area contributed by atoms with E-state index in [-0.39, 0.29) is 22.9 Å². The monoisotopic (exact) mass is 258 g/mol. The first-order chi connectivity index (χ1) is 8.87. The van der Waals surface area contributed by atoms with Crippen LogP contribution >= 0.6 is 0 Å². The van der Waals surface area contributed by atoms with Gasteiger partial charge in [-0.1, -0.05) is 58.0 Å². The SMILES string of the molecule is CC1(C)C(N2C(=O)CNC2c2ccccc2)C1(C)C. The van der Waals surface area contributed by atoms with E-state index in [1.54, 1.807) is 0 Å². The third-order valence-corrected chi connectivity index (χ3v) is 5.35. The molecule has 1 saturated carbocycles. The molecule has 1 aliphatic heterocycles. The molecule has 2 fully saturated rings. The van der Waals surface area contributed by atoms with E-state index in [0.29, 0.717) is 12.6 Å². The third-order valence-electron chi connectivity index (χ3n) is 5.35. The number of nitrogens with zero attached hydrogens (tertiary/aromatic N) is 1. The lowest BCUT2D eigenvalue weighted by atomic mass is 10.0. The van der Waals surface area contributed by atoms with Crippen LogP contribution in [-0.4, -0.2) is 23.4 Å². The molecule has 0 bridgehead atoms. The number of amides is 1. The van der Waals surface area contributed by atoms with Crippen molar-refractivity contribution in [3.63, 3.8) is 0 Å². The quantitative estimate of drug-likeness (QED) is 0.884. The zero-order valence-electron chi connectivity index (χ0n) is 12.1. The van der Waals surface area contributed by atoms with Gasteiger partial charge in [-0.3, -0.25) is 10.1 Å². The summed E-state index contributed by atoms with van der Waals surface area (Å²) in [4.78, 5) is 14.3. The highest BCUT2D eigenvalue weighted by Gasteiger charge is 2.69. The van der Waals surface area contributed by atoms with E-state index in [1.807, 2.05) is 18.2 Å². The van der Waals surface area contributed by atoms with Crippen molar-refractivity contribution >= 4 is 5.91 Å². The Balaban J connectivity index is 1.94. The van der Waals surface area contributed by atoms with Crippen molar-refractivity contribution < 1.29 is 4.79 Å². The van der Waals surface area contributed by atoms with Gasteiger partial charge in [0.05, 0.1) is 6.54 Å². The van der Waals surface area contributed by atoms with E-state index >= 15 is 0 Å². The highest BCUT2D eigenvalue weighted by Crippen LogP contribution is 2.66. The van der Waals surface area contributed by atoms with Gasteiger partial charge in [0, 0.05) is 6.04 Å². The molecule has 1 aromatic rings. The molecule has 102 valence electrons. The van der Waals surface area contributed by atoms with Crippen molar-refractivity contribution in [1.29, 1.82) is 0 Å². The highest BCUT2D eigenvalue weighted by molar-refractivity contribution is 5.82. The first-order valence-corrected chi connectivity index (χ1v) is 6.97. The number of nitrogens with one attached hydrogen (secondary N) is 1. The van der Waals surface area contributed by atoms with E-state index in [0.717, 1.165) is 0 Å². The zero-order chi connectivity index (χ0) is 13.8. The summed E-state index contributed by atoms with van der Waals surface area (Å²) in [7, 11) is 0. The molecule has 0 spiro atoms.